The van der Waals surface area contributed by atoms with Crippen LogP contribution in [0.15, 0.2) is 4.52 Å². The van der Waals surface area contributed by atoms with Gasteiger partial charge in [0, 0.05) is 18.0 Å². The van der Waals surface area contributed by atoms with Crippen LogP contribution in [0, 0.1) is 0 Å². The van der Waals surface area contributed by atoms with Crippen LogP contribution >= 0.6 is 0 Å². The Labute approximate surface area is 98.9 Å². The number of nitrogens with zero attached hydrogens (tertiary/aromatic N) is 2. The zero-order valence-corrected chi connectivity index (χ0v) is 9.56. The minimum atomic E-state index is -0.232. The molecule has 0 bridgehead atoms. The van der Waals surface area contributed by atoms with Gasteiger partial charge in [0.1, 0.15) is 0 Å². The molecule has 1 aromatic heterocycles. The first-order valence-corrected chi connectivity index (χ1v) is 6.12. The molecule has 0 aromatic carbocycles. The van der Waals surface area contributed by atoms with Crippen molar-refractivity contribution in [1.82, 2.24) is 15.5 Å². The van der Waals surface area contributed by atoms with Crippen molar-refractivity contribution >= 4 is 5.91 Å². The lowest BCUT2D eigenvalue weighted by Gasteiger charge is -2.01. The van der Waals surface area contributed by atoms with Gasteiger partial charge in [0.05, 0.1) is 0 Å². The van der Waals surface area contributed by atoms with Crippen LogP contribution < -0.4 is 11.1 Å². The first kappa shape index (κ1) is 10.7. The normalized spacial score (nSPS) is 28.3. The molecule has 1 heterocycles. The fraction of sp³-hybridized carbons (Fsp3) is 0.727. The molecule has 6 nitrogen and oxygen atoms in total. The molecule has 1 aromatic rings. The molecule has 2 saturated carbocycles. The Hall–Kier alpha value is -1.43. The lowest BCUT2D eigenvalue weighted by atomic mass is 10.1. The molecule has 3 rings (SSSR count). The average Bonchev–Trinajstić information content (AvgIpc) is 2.81. The van der Waals surface area contributed by atoms with E-state index in [0.29, 0.717) is 11.9 Å². The maximum absolute atomic E-state index is 11.7. The summed E-state index contributed by atoms with van der Waals surface area (Å²) in [6, 6.07) is 0.528. The fourth-order valence-electron chi connectivity index (χ4n) is 2.21. The van der Waals surface area contributed by atoms with Crippen molar-refractivity contribution in [3.05, 3.63) is 11.7 Å². The first-order valence-electron chi connectivity index (χ1n) is 6.12. The topological polar surface area (TPSA) is 94.0 Å². The Morgan fingerprint density at radius 3 is 2.82 bits per heavy atom. The van der Waals surface area contributed by atoms with Gasteiger partial charge in [0.2, 0.25) is 5.89 Å². The number of hydrogen-bond donors (Lipinski definition) is 2. The van der Waals surface area contributed by atoms with Crippen molar-refractivity contribution in [1.29, 1.82) is 0 Å². The van der Waals surface area contributed by atoms with E-state index in [9.17, 15) is 4.79 Å². The van der Waals surface area contributed by atoms with Crippen LogP contribution in [-0.2, 0) is 0 Å². The van der Waals surface area contributed by atoms with Gasteiger partial charge in [-0.2, -0.15) is 4.98 Å². The van der Waals surface area contributed by atoms with E-state index in [1.54, 1.807) is 0 Å². The highest BCUT2D eigenvalue weighted by Gasteiger charge is 2.30. The number of carbonyl (C=O) groups excluding carboxylic acids is 1. The van der Waals surface area contributed by atoms with E-state index in [1.165, 1.54) is 0 Å². The molecule has 3 N–H and O–H groups in total. The molecular formula is C11H16N4O2. The molecule has 1 amide bonds. The molecule has 0 aliphatic heterocycles. The van der Waals surface area contributed by atoms with Gasteiger partial charge in [-0.15, -0.1) is 0 Å². The summed E-state index contributed by atoms with van der Waals surface area (Å²) in [7, 11) is 0. The second kappa shape index (κ2) is 4.10. The molecular weight excluding hydrogens is 220 g/mol. The quantitative estimate of drug-likeness (QED) is 0.799. The maximum atomic E-state index is 11.7. The number of amides is 1. The Kier molecular flexibility index (Phi) is 2.58. The fourth-order valence-corrected chi connectivity index (χ4v) is 2.21. The van der Waals surface area contributed by atoms with Crippen molar-refractivity contribution in [2.24, 2.45) is 5.73 Å². The second-order valence-electron chi connectivity index (χ2n) is 4.97. The molecule has 2 unspecified atom stereocenters. The van der Waals surface area contributed by atoms with Gasteiger partial charge in [-0.1, -0.05) is 5.16 Å². The highest BCUT2D eigenvalue weighted by atomic mass is 16.5. The van der Waals surface area contributed by atoms with Gasteiger partial charge < -0.3 is 15.6 Å². The van der Waals surface area contributed by atoms with E-state index in [0.717, 1.165) is 32.1 Å². The van der Waals surface area contributed by atoms with Crippen molar-refractivity contribution in [2.45, 2.75) is 50.1 Å². The lowest BCUT2D eigenvalue weighted by molar-refractivity contribution is 0.0937. The number of hydrogen-bond acceptors (Lipinski definition) is 5. The standard InChI is InChI=1S/C11H16N4O2/c12-7-2-1-6(5-7)11-14-9(15-17-11)10(16)13-8-3-4-8/h6-8H,1-5,12H2,(H,13,16). The highest BCUT2D eigenvalue weighted by molar-refractivity contribution is 5.90. The van der Waals surface area contributed by atoms with Crippen molar-refractivity contribution in [3.63, 3.8) is 0 Å². The molecule has 2 fully saturated rings. The third kappa shape index (κ3) is 2.31. The summed E-state index contributed by atoms with van der Waals surface area (Å²) in [6.07, 6.45) is 4.91. The zero-order chi connectivity index (χ0) is 11.8. The Bertz CT molecular complexity index is 427. The molecule has 2 aliphatic carbocycles. The summed E-state index contributed by atoms with van der Waals surface area (Å²) in [4.78, 5) is 15.8. The summed E-state index contributed by atoms with van der Waals surface area (Å²) in [5.74, 6) is 0.691. The second-order valence-corrected chi connectivity index (χ2v) is 4.97. The van der Waals surface area contributed by atoms with Gasteiger partial charge in [-0.3, -0.25) is 4.79 Å². The van der Waals surface area contributed by atoms with Crippen LogP contribution in [0.1, 0.15) is 54.5 Å². The number of rotatable bonds is 3. The van der Waals surface area contributed by atoms with Gasteiger partial charge in [-0.05, 0) is 32.1 Å². The smallest absolute Gasteiger partial charge is 0.292 e. The minimum absolute atomic E-state index is 0.146. The number of carbonyl (C=O) groups is 1. The van der Waals surface area contributed by atoms with E-state index in [4.69, 9.17) is 10.3 Å². The highest BCUT2D eigenvalue weighted by Crippen LogP contribution is 2.32. The monoisotopic (exact) mass is 236 g/mol. The number of aromatic nitrogens is 2. The van der Waals surface area contributed by atoms with E-state index in [-0.39, 0.29) is 23.7 Å². The summed E-state index contributed by atoms with van der Waals surface area (Å²) in [5.41, 5.74) is 5.83. The van der Waals surface area contributed by atoms with Crippen LogP contribution in [0.25, 0.3) is 0 Å². The van der Waals surface area contributed by atoms with Crippen LogP contribution in [0.4, 0.5) is 0 Å². The molecule has 0 radical (unpaired) electrons. The Morgan fingerprint density at radius 1 is 1.35 bits per heavy atom. The van der Waals surface area contributed by atoms with E-state index in [1.807, 2.05) is 0 Å². The predicted octanol–water partition coefficient (Wildman–Crippen LogP) is 0.557. The molecule has 0 saturated heterocycles. The lowest BCUT2D eigenvalue weighted by Crippen LogP contribution is -2.26. The minimum Gasteiger partial charge on any atom is -0.346 e. The largest absolute Gasteiger partial charge is 0.346 e. The SMILES string of the molecule is NC1CCC(c2nc(C(=O)NC3CC3)no2)C1. The Morgan fingerprint density at radius 2 is 2.18 bits per heavy atom. The van der Waals surface area contributed by atoms with Crippen molar-refractivity contribution < 1.29 is 9.32 Å². The van der Waals surface area contributed by atoms with Crippen LogP contribution in [-0.4, -0.2) is 28.1 Å². The average molecular weight is 236 g/mol. The van der Waals surface area contributed by atoms with E-state index >= 15 is 0 Å². The maximum Gasteiger partial charge on any atom is 0.292 e. The summed E-state index contributed by atoms with van der Waals surface area (Å²) in [6.45, 7) is 0. The zero-order valence-electron chi connectivity index (χ0n) is 9.56. The molecule has 92 valence electrons. The van der Waals surface area contributed by atoms with E-state index in [2.05, 4.69) is 15.5 Å². The third-order valence-corrected chi connectivity index (χ3v) is 3.38. The molecule has 17 heavy (non-hydrogen) atoms. The van der Waals surface area contributed by atoms with Crippen molar-refractivity contribution in [2.75, 3.05) is 0 Å². The van der Waals surface area contributed by atoms with Gasteiger partial charge in [0.25, 0.3) is 11.7 Å². The predicted molar refractivity (Wildman–Crippen MR) is 59.4 cm³/mol. The van der Waals surface area contributed by atoms with Crippen LogP contribution in [0.5, 0.6) is 0 Å². The summed E-state index contributed by atoms with van der Waals surface area (Å²) in [5, 5.41) is 6.56. The molecule has 0 spiro atoms. The molecule has 2 atom stereocenters. The number of nitrogens with two attached hydrogens (primary N) is 1. The number of nitrogens with one attached hydrogen (secondary N) is 1. The van der Waals surface area contributed by atoms with Gasteiger partial charge >= 0.3 is 0 Å². The summed E-state index contributed by atoms with van der Waals surface area (Å²) < 4.78 is 5.14. The Balaban J connectivity index is 1.66. The van der Waals surface area contributed by atoms with Gasteiger partial charge in [0.15, 0.2) is 0 Å². The third-order valence-electron chi connectivity index (χ3n) is 3.38. The molecule has 2 aliphatic rings. The van der Waals surface area contributed by atoms with Gasteiger partial charge in [-0.25, -0.2) is 0 Å². The van der Waals surface area contributed by atoms with Crippen LogP contribution in [0.2, 0.25) is 0 Å². The first-order chi connectivity index (χ1) is 8.22. The van der Waals surface area contributed by atoms with Crippen molar-refractivity contribution in [3.8, 4) is 0 Å². The molecule has 6 heteroatoms. The van der Waals surface area contributed by atoms with E-state index < -0.39 is 0 Å². The summed E-state index contributed by atoms with van der Waals surface area (Å²) >= 11 is 0. The van der Waals surface area contributed by atoms with Crippen LogP contribution in [0.3, 0.4) is 0 Å².